The number of carbonyl (C=O) groups excluding carboxylic acids is 1. The van der Waals surface area contributed by atoms with Gasteiger partial charge in [0.15, 0.2) is 11.4 Å². The molecule has 0 unspecified atom stereocenters. The van der Waals surface area contributed by atoms with Crippen LogP contribution in [0.5, 0.6) is 0 Å². The van der Waals surface area contributed by atoms with E-state index in [0.717, 1.165) is 7.05 Å². The van der Waals surface area contributed by atoms with Gasteiger partial charge in [0.25, 0.3) is 5.91 Å². The molecule has 0 aliphatic carbocycles. The van der Waals surface area contributed by atoms with Gasteiger partial charge in [-0.05, 0) is 13.3 Å². The van der Waals surface area contributed by atoms with Crippen LogP contribution in [0.1, 0.15) is 29.5 Å². The van der Waals surface area contributed by atoms with E-state index in [1.165, 1.54) is 0 Å². The SMILES string of the molecule is CCOCCCNC(=O)c1nn(C)c(C(F)(F)F)c1Cl. The lowest BCUT2D eigenvalue weighted by Gasteiger charge is -2.06. The zero-order chi connectivity index (χ0) is 15.3. The molecule has 0 aromatic carbocycles. The molecule has 0 aliphatic rings. The third-order valence-electron chi connectivity index (χ3n) is 2.43. The molecule has 5 nitrogen and oxygen atoms in total. The largest absolute Gasteiger partial charge is 0.434 e. The second-order valence-corrected chi connectivity index (χ2v) is 4.32. The average Bonchev–Trinajstić information content (AvgIpc) is 2.63. The van der Waals surface area contributed by atoms with Crippen molar-refractivity contribution in [3.05, 3.63) is 16.4 Å². The first-order valence-corrected chi connectivity index (χ1v) is 6.32. The van der Waals surface area contributed by atoms with Crippen molar-refractivity contribution < 1.29 is 22.7 Å². The van der Waals surface area contributed by atoms with E-state index in [-0.39, 0.29) is 6.54 Å². The van der Waals surface area contributed by atoms with Gasteiger partial charge in [0.1, 0.15) is 5.02 Å². The maximum atomic E-state index is 12.7. The smallest absolute Gasteiger partial charge is 0.382 e. The molecule has 20 heavy (non-hydrogen) atoms. The summed E-state index contributed by atoms with van der Waals surface area (Å²) in [7, 11) is 1.08. The van der Waals surface area contributed by atoms with Crippen LogP contribution in [0.3, 0.4) is 0 Å². The normalized spacial score (nSPS) is 11.7. The van der Waals surface area contributed by atoms with E-state index in [1.54, 1.807) is 0 Å². The van der Waals surface area contributed by atoms with Crippen LogP contribution >= 0.6 is 11.6 Å². The third kappa shape index (κ3) is 4.11. The molecule has 0 radical (unpaired) electrons. The van der Waals surface area contributed by atoms with Crippen LogP contribution in [-0.4, -0.2) is 35.4 Å². The summed E-state index contributed by atoms with van der Waals surface area (Å²) in [5, 5.41) is 5.26. The highest BCUT2D eigenvalue weighted by atomic mass is 35.5. The first kappa shape index (κ1) is 16.8. The number of carbonyl (C=O) groups is 1. The van der Waals surface area contributed by atoms with Gasteiger partial charge >= 0.3 is 6.18 Å². The second-order valence-electron chi connectivity index (χ2n) is 3.94. The van der Waals surface area contributed by atoms with Crippen molar-refractivity contribution in [2.45, 2.75) is 19.5 Å². The number of aryl methyl sites for hydroxylation is 1. The minimum Gasteiger partial charge on any atom is -0.382 e. The first-order valence-electron chi connectivity index (χ1n) is 5.94. The van der Waals surface area contributed by atoms with Crippen molar-refractivity contribution in [2.75, 3.05) is 19.8 Å². The molecule has 0 spiro atoms. The number of hydrogen-bond acceptors (Lipinski definition) is 3. The predicted octanol–water partition coefficient (Wildman–Crippen LogP) is 2.25. The van der Waals surface area contributed by atoms with E-state index in [1.807, 2.05) is 6.92 Å². The summed E-state index contributed by atoms with van der Waals surface area (Å²) in [4.78, 5) is 11.7. The zero-order valence-corrected chi connectivity index (χ0v) is 11.8. The third-order valence-corrected chi connectivity index (χ3v) is 2.79. The monoisotopic (exact) mass is 313 g/mol. The Labute approximate surface area is 119 Å². The highest BCUT2D eigenvalue weighted by Crippen LogP contribution is 2.35. The molecule has 1 aromatic rings. The molecule has 0 fully saturated rings. The summed E-state index contributed by atoms with van der Waals surface area (Å²) in [6.07, 6.45) is -4.11. The number of alkyl halides is 3. The van der Waals surface area contributed by atoms with Gasteiger partial charge in [0.05, 0.1) is 0 Å². The summed E-state index contributed by atoms with van der Waals surface area (Å²) < 4.78 is 43.7. The van der Waals surface area contributed by atoms with Crippen molar-refractivity contribution in [1.82, 2.24) is 15.1 Å². The minimum atomic E-state index is -4.66. The average molecular weight is 314 g/mol. The standard InChI is InChI=1S/C11H15ClF3N3O2/c1-3-20-6-4-5-16-10(19)8-7(12)9(11(13,14)15)18(2)17-8/h3-6H2,1-2H3,(H,16,19). The van der Waals surface area contributed by atoms with E-state index in [0.29, 0.717) is 24.3 Å². The van der Waals surface area contributed by atoms with Gasteiger partial charge in [0, 0.05) is 26.8 Å². The lowest BCUT2D eigenvalue weighted by molar-refractivity contribution is -0.143. The molecule has 1 N–H and O–H groups in total. The summed E-state index contributed by atoms with van der Waals surface area (Å²) in [5.41, 5.74) is -1.57. The van der Waals surface area contributed by atoms with Crippen molar-refractivity contribution in [3.63, 3.8) is 0 Å². The number of ether oxygens (including phenoxy) is 1. The fourth-order valence-electron chi connectivity index (χ4n) is 1.56. The van der Waals surface area contributed by atoms with E-state index in [4.69, 9.17) is 16.3 Å². The first-order chi connectivity index (χ1) is 9.29. The Bertz CT molecular complexity index is 474. The molecular formula is C11H15ClF3N3O2. The molecule has 0 aliphatic heterocycles. The van der Waals surface area contributed by atoms with Crippen LogP contribution in [0.2, 0.25) is 5.02 Å². The van der Waals surface area contributed by atoms with Gasteiger partial charge in [-0.3, -0.25) is 9.48 Å². The number of amides is 1. The molecular weight excluding hydrogens is 299 g/mol. The van der Waals surface area contributed by atoms with Crippen LogP contribution in [-0.2, 0) is 18.0 Å². The van der Waals surface area contributed by atoms with E-state index < -0.39 is 28.5 Å². The maximum Gasteiger partial charge on any atom is 0.434 e. The van der Waals surface area contributed by atoms with Gasteiger partial charge in [0.2, 0.25) is 0 Å². The molecule has 0 atom stereocenters. The number of nitrogens with zero attached hydrogens (tertiary/aromatic N) is 2. The van der Waals surface area contributed by atoms with E-state index in [2.05, 4.69) is 10.4 Å². The lowest BCUT2D eigenvalue weighted by atomic mass is 10.3. The number of rotatable bonds is 6. The zero-order valence-electron chi connectivity index (χ0n) is 11.1. The fraction of sp³-hybridized carbons (Fsp3) is 0.636. The Morgan fingerprint density at radius 3 is 2.65 bits per heavy atom. The lowest BCUT2D eigenvalue weighted by Crippen LogP contribution is -2.26. The molecule has 0 saturated carbocycles. The van der Waals surface area contributed by atoms with Gasteiger partial charge in [-0.2, -0.15) is 18.3 Å². The Balaban J connectivity index is 2.70. The van der Waals surface area contributed by atoms with Crippen LogP contribution in [0, 0.1) is 0 Å². The highest BCUT2D eigenvalue weighted by molar-refractivity contribution is 6.34. The molecule has 0 saturated heterocycles. The molecule has 114 valence electrons. The topological polar surface area (TPSA) is 56.1 Å². The molecule has 9 heteroatoms. The Morgan fingerprint density at radius 1 is 1.50 bits per heavy atom. The van der Waals surface area contributed by atoms with Crippen molar-refractivity contribution in [2.24, 2.45) is 7.05 Å². The molecule has 1 rings (SSSR count). The number of nitrogens with one attached hydrogen (secondary N) is 1. The summed E-state index contributed by atoms with van der Waals surface area (Å²) >= 11 is 5.58. The molecule has 1 heterocycles. The van der Waals surface area contributed by atoms with Crippen molar-refractivity contribution in [1.29, 1.82) is 0 Å². The fourth-order valence-corrected chi connectivity index (χ4v) is 1.91. The van der Waals surface area contributed by atoms with Crippen molar-refractivity contribution >= 4 is 17.5 Å². The Kier molecular flexibility index (Phi) is 5.82. The Hall–Kier alpha value is -1.28. The van der Waals surface area contributed by atoms with Crippen molar-refractivity contribution in [3.8, 4) is 0 Å². The number of aromatic nitrogens is 2. The quantitative estimate of drug-likeness (QED) is 0.820. The van der Waals surface area contributed by atoms with Crippen LogP contribution < -0.4 is 5.32 Å². The summed E-state index contributed by atoms with van der Waals surface area (Å²) in [5.74, 6) is -0.738. The predicted molar refractivity (Wildman–Crippen MR) is 66.7 cm³/mol. The molecule has 1 aromatic heterocycles. The second kappa shape index (κ2) is 6.94. The van der Waals surface area contributed by atoms with Crippen LogP contribution in [0.4, 0.5) is 13.2 Å². The van der Waals surface area contributed by atoms with Gasteiger partial charge < -0.3 is 10.1 Å². The van der Waals surface area contributed by atoms with Gasteiger partial charge in [-0.15, -0.1) is 0 Å². The van der Waals surface area contributed by atoms with Gasteiger partial charge in [-0.25, -0.2) is 0 Å². The highest BCUT2D eigenvalue weighted by Gasteiger charge is 2.39. The van der Waals surface area contributed by atoms with Gasteiger partial charge in [-0.1, -0.05) is 11.6 Å². The van der Waals surface area contributed by atoms with E-state index in [9.17, 15) is 18.0 Å². The maximum absolute atomic E-state index is 12.7. The summed E-state index contributed by atoms with van der Waals surface area (Å²) in [6.45, 7) is 3.13. The minimum absolute atomic E-state index is 0.271. The molecule has 0 bridgehead atoms. The number of halogens is 4. The molecule has 1 amide bonds. The number of hydrogen-bond donors (Lipinski definition) is 1. The Morgan fingerprint density at radius 2 is 2.15 bits per heavy atom. The summed E-state index contributed by atoms with van der Waals surface area (Å²) in [6, 6.07) is 0. The van der Waals surface area contributed by atoms with Crippen LogP contribution in [0.25, 0.3) is 0 Å². The van der Waals surface area contributed by atoms with Crippen LogP contribution in [0.15, 0.2) is 0 Å². The van der Waals surface area contributed by atoms with E-state index >= 15 is 0 Å².